The van der Waals surface area contributed by atoms with Gasteiger partial charge in [-0.1, -0.05) is 17.7 Å². The van der Waals surface area contributed by atoms with Crippen molar-refractivity contribution in [3.05, 3.63) is 88.5 Å². The predicted molar refractivity (Wildman–Crippen MR) is 128 cm³/mol. The van der Waals surface area contributed by atoms with Gasteiger partial charge in [-0.3, -0.25) is 24.4 Å². The summed E-state index contributed by atoms with van der Waals surface area (Å²) < 4.78 is 27.6. The summed E-state index contributed by atoms with van der Waals surface area (Å²) in [6.07, 6.45) is -0.0116. The first-order valence-corrected chi connectivity index (χ1v) is 12.5. The molecule has 1 saturated heterocycles. The van der Waals surface area contributed by atoms with E-state index in [4.69, 9.17) is 0 Å². The van der Waals surface area contributed by atoms with Gasteiger partial charge in [-0.25, -0.2) is 13.3 Å². The van der Waals surface area contributed by atoms with Gasteiger partial charge in [-0.15, -0.1) is 11.8 Å². The molecule has 34 heavy (non-hydrogen) atoms. The van der Waals surface area contributed by atoms with Crippen LogP contribution in [0, 0.1) is 17.0 Å². The van der Waals surface area contributed by atoms with Crippen molar-refractivity contribution in [3.8, 4) is 0 Å². The fraction of sp³-hybridized carbons (Fsp3) is 0.130. The lowest BCUT2D eigenvalue weighted by molar-refractivity contribution is -0.384. The second kappa shape index (κ2) is 9.27. The van der Waals surface area contributed by atoms with Gasteiger partial charge in [0.05, 0.1) is 20.8 Å². The first-order chi connectivity index (χ1) is 16.1. The van der Waals surface area contributed by atoms with E-state index >= 15 is 0 Å². The Hall–Kier alpha value is -3.70. The lowest BCUT2D eigenvalue weighted by atomic mass is 10.2. The number of nitrogens with one attached hydrogen (secondary N) is 1. The number of non-ortho nitro benzene ring substituents is 1. The zero-order valence-electron chi connectivity index (χ0n) is 17.9. The number of sulfonamides is 1. The molecule has 1 aliphatic heterocycles. The number of nitro benzene ring substituents is 1. The number of rotatable bonds is 7. The molecule has 0 aliphatic carbocycles. The van der Waals surface area contributed by atoms with E-state index in [1.165, 1.54) is 48.2 Å². The SMILES string of the molecule is Cc1ccc(S(=O)(=O)Nc2ccc(SC3CC(=O)N(c4ccc([N+](=O)[O-])cc4)C3=O)cc2)cc1. The number of nitrogens with zero attached hydrogens (tertiary/aromatic N) is 2. The van der Waals surface area contributed by atoms with Crippen LogP contribution in [0.4, 0.5) is 17.1 Å². The average molecular weight is 498 g/mol. The standard InChI is InChI=1S/C23H19N3O6S2/c1-15-2-12-20(13-3-15)34(31,32)24-16-4-10-19(11-5-16)33-21-14-22(27)25(23(21)28)17-6-8-18(9-7-17)26(29)30/h2-13,21,24H,14H2,1H3. The van der Waals surface area contributed by atoms with E-state index in [1.807, 2.05) is 6.92 Å². The van der Waals surface area contributed by atoms with Crippen LogP contribution in [0.5, 0.6) is 0 Å². The van der Waals surface area contributed by atoms with Crippen LogP contribution in [-0.4, -0.2) is 30.4 Å². The number of carbonyl (C=O) groups excluding carboxylic acids is 2. The number of aryl methyl sites for hydroxylation is 1. The maximum atomic E-state index is 12.8. The van der Waals surface area contributed by atoms with Gasteiger partial charge in [0.1, 0.15) is 0 Å². The Morgan fingerprint density at radius 1 is 0.971 bits per heavy atom. The van der Waals surface area contributed by atoms with Crippen molar-refractivity contribution in [3.63, 3.8) is 0 Å². The molecular weight excluding hydrogens is 478 g/mol. The Bertz CT molecular complexity index is 1360. The second-order valence-corrected chi connectivity index (χ2v) is 10.6. The number of carbonyl (C=O) groups is 2. The zero-order valence-corrected chi connectivity index (χ0v) is 19.5. The van der Waals surface area contributed by atoms with Crippen LogP contribution in [-0.2, 0) is 19.6 Å². The van der Waals surface area contributed by atoms with Crippen molar-refractivity contribution >= 4 is 50.7 Å². The van der Waals surface area contributed by atoms with Crippen LogP contribution >= 0.6 is 11.8 Å². The molecule has 9 nitrogen and oxygen atoms in total. The molecule has 3 aromatic carbocycles. The highest BCUT2D eigenvalue weighted by Crippen LogP contribution is 2.35. The van der Waals surface area contributed by atoms with Gasteiger partial charge in [0, 0.05) is 29.1 Å². The van der Waals surface area contributed by atoms with Crippen LogP contribution < -0.4 is 9.62 Å². The van der Waals surface area contributed by atoms with Gasteiger partial charge in [0.2, 0.25) is 11.8 Å². The molecule has 174 valence electrons. The topological polar surface area (TPSA) is 127 Å². The maximum absolute atomic E-state index is 12.8. The van der Waals surface area contributed by atoms with E-state index in [9.17, 15) is 28.1 Å². The summed E-state index contributed by atoms with van der Waals surface area (Å²) in [5, 5.41) is 10.2. The van der Waals surface area contributed by atoms with Gasteiger partial charge >= 0.3 is 0 Å². The molecule has 11 heteroatoms. The molecule has 3 aromatic rings. The van der Waals surface area contributed by atoms with Crippen LogP contribution in [0.1, 0.15) is 12.0 Å². The first kappa shape index (κ1) is 23.5. The van der Waals surface area contributed by atoms with Crippen LogP contribution in [0.15, 0.2) is 82.6 Å². The molecule has 1 N–H and O–H groups in total. The Kier molecular flexibility index (Phi) is 6.40. The molecule has 1 heterocycles. The minimum atomic E-state index is -3.73. The number of anilines is 2. The van der Waals surface area contributed by atoms with Crippen molar-refractivity contribution in [2.75, 3.05) is 9.62 Å². The summed E-state index contributed by atoms with van der Waals surface area (Å²) in [7, 11) is -3.73. The summed E-state index contributed by atoms with van der Waals surface area (Å²) in [5.41, 5.74) is 1.47. The van der Waals surface area contributed by atoms with Gasteiger partial charge in [0.15, 0.2) is 0 Å². The van der Waals surface area contributed by atoms with Crippen LogP contribution in [0.3, 0.4) is 0 Å². The van der Waals surface area contributed by atoms with Crippen LogP contribution in [0.25, 0.3) is 0 Å². The number of hydrogen-bond acceptors (Lipinski definition) is 7. The van der Waals surface area contributed by atoms with Crippen molar-refractivity contribution in [2.24, 2.45) is 0 Å². The Morgan fingerprint density at radius 2 is 1.59 bits per heavy atom. The monoisotopic (exact) mass is 497 g/mol. The largest absolute Gasteiger partial charge is 0.280 e. The molecule has 0 radical (unpaired) electrons. The number of imide groups is 1. The second-order valence-electron chi connectivity index (χ2n) is 7.59. The summed E-state index contributed by atoms with van der Waals surface area (Å²) >= 11 is 1.20. The smallest absolute Gasteiger partial charge is 0.269 e. The number of thioether (sulfide) groups is 1. The molecule has 1 aliphatic rings. The Labute approximate surface area is 200 Å². The van der Waals surface area contributed by atoms with Gasteiger partial charge in [-0.05, 0) is 55.5 Å². The molecule has 4 rings (SSSR count). The molecule has 0 spiro atoms. The molecular formula is C23H19N3O6S2. The highest BCUT2D eigenvalue weighted by atomic mass is 32.2. The third-order valence-electron chi connectivity index (χ3n) is 5.14. The lowest BCUT2D eigenvalue weighted by Crippen LogP contribution is -2.31. The summed E-state index contributed by atoms with van der Waals surface area (Å²) in [6.45, 7) is 1.87. The van der Waals surface area contributed by atoms with Crippen molar-refractivity contribution in [1.82, 2.24) is 0 Å². The van der Waals surface area contributed by atoms with Gasteiger partial charge < -0.3 is 0 Å². The van der Waals surface area contributed by atoms with Crippen molar-refractivity contribution < 1.29 is 22.9 Å². The Balaban J connectivity index is 1.43. The van der Waals surface area contributed by atoms with Crippen molar-refractivity contribution in [2.45, 2.75) is 28.4 Å². The van der Waals surface area contributed by atoms with E-state index in [-0.39, 0.29) is 28.6 Å². The molecule has 0 bridgehead atoms. The summed E-state index contributed by atoms with van der Waals surface area (Å²) in [5.74, 6) is -0.799. The van der Waals surface area contributed by atoms with E-state index in [1.54, 1.807) is 36.4 Å². The first-order valence-electron chi connectivity index (χ1n) is 10.1. The number of benzene rings is 3. The van der Waals surface area contributed by atoms with E-state index in [0.29, 0.717) is 10.6 Å². The molecule has 2 amide bonds. The maximum Gasteiger partial charge on any atom is 0.269 e. The van der Waals surface area contributed by atoms with Crippen LogP contribution in [0.2, 0.25) is 0 Å². The summed E-state index contributed by atoms with van der Waals surface area (Å²) in [4.78, 5) is 37.4. The normalized spacial score (nSPS) is 16.0. The lowest BCUT2D eigenvalue weighted by Gasteiger charge is -2.15. The zero-order chi connectivity index (χ0) is 24.5. The molecule has 0 aromatic heterocycles. The predicted octanol–water partition coefficient (Wildman–Crippen LogP) is 4.13. The van der Waals surface area contributed by atoms with Gasteiger partial charge in [0.25, 0.3) is 15.7 Å². The molecule has 0 saturated carbocycles. The minimum Gasteiger partial charge on any atom is -0.280 e. The summed E-state index contributed by atoms with van der Waals surface area (Å²) in [6, 6.07) is 18.2. The van der Waals surface area contributed by atoms with E-state index in [0.717, 1.165) is 10.5 Å². The quantitative estimate of drug-likeness (QED) is 0.295. The average Bonchev–Trinajstić information content (AvgIpc) is 3.08. The molecule has 1 unspecified atom stereocenters. The highest BCUT2D eigenvalue weighted by Gasteiger charge is 2.40. The number of nitro groups is 1. The highest BCUT2D eigenvalue weighted by molar-refractivity contribution is 8.00. The van der Waals surface area contributed by atoms with Crippen molar-refractivity contribution in [1.29, 1.82) is 0 Å². The van der Waals surface area contributed by atoms with Gasteiger partial charge in [-0.2, -0.15) is 0 Å². The van der Waals surface area contributed by atoms with E-state index in [2.05, 4.69) is 4.72 Å². The molecule has 1 fully saturated rings. The fourth-order valence-electron chi connectivity index (χ4n) is 3.39. The third-order valence-corrected chi connectivity index (χ3v) is 7.73. The number of hydrogen-bond donors (Lipinski definition) is 1. The third kappa shape index (κ3) is 4.95. The molecule has 1 atom stereocenters. The Morgan fingerprint density at radius 3 is 2.18 bits per heavy atom. The minimum absolute atomic E-state index is 0.0116. The number of amides is 2. The van der Waals surface area contributed by atoms with E-state index < -0.39 is 26.1 Å². The fourth-order valence-corrected chi connectivity index (χ4v) is 5.50.